The summed E-state index contributed by atoms with van der Waals surface area (Å²) in [5.41, 5.74) is -7.68. The van der Waals surface area contributed by atoms with Crippen molar-refractivity contribution >= 4 is 39.5 Å². The molecule has 3 aromatic carbocycles. The zero-order valence-electron chi connectivity index (χ0n) is 29.3. The van der Waals surface area contributed by atoms with E-state index >= 15 is 0 Å². The number of carbonyl (C=O) groups excluding carboxylic acids is 3. The van der Waals surface area contributed by atoms with Crippen LogP contribution in [-0.4, -0.2) is 53.7 Å². The SMILES string of the molecule is CC(C)(C)OC(=O)Oc1ccc([S+](c2ccc(OC(=O)OC(C)(C)C)cc2)c2ccc(OC(=O)OC(C)(C)C)cc2)cc1.O=S(=O)([O-])C(F)(F)F. The maximum absolute atomic E-state index is 12.1. The molecule has 0 radical (unpaired) electrons. The molecule has 0 saturated carbocycles. The van der Waals surface area contributed by atoms with Gasteiger partial charge in [0.25, 0.3) is 0 Å². The summed E-state index contributed by atoms with van der Waals surface area (Å²) in [6.07, 6.45) is -2.37. The van der Waals surface area contributed by atoms with Gasteiger partial charge < -0.3 is 33.0 Å². The van der Waals surface area contributed by atoms with Crippen molar-refractivity contribution in [2.24, 2.45) is 0 Å². The molecule has 0 aliphatic heterocycles. The third kappa shape index (κ3) is 16.0. The third-order valence-corrected chi connectivity index (χ3v) is 8.03. The normalized spacial score (nSPS) is 12.2. The lowest BCUT2D eigenvalue weighted by atomic mass is 10.2. The molecular formula is C34H39F3O12S2. The van der Waals surface area contributed by atoms with Gasteiger partial charge in [0, 0.05) is 0 Å². The van der Waals surface area contributed by atoms with Crippen molar-refractivity contribution in [2.45, 2.75) is 99.3 Å². The molecule has 0 unspecified atom stereocenters. The smallest absolute Gasteiger partial charge is 0.514 e. The first kappa shape index (κ1) is 42.7. The zero-order chi connectivity index (χ0) is 39.0. The minimum absolute atomic E-state index is 0.337. The number of hydrogen-bond acceptors (Lipinski definition) is 12. The number of benzene rings is 3. The highest BCUT2D eigenvalue weighted by Crippen LogP contribution is 2.34. The predicted octanol–water partition coefficient (Wildman–Crippen LogP) is 8.78. The minimum atomic E-state index is -6.09. The second-order valence-corrected chi connectivity index (χ2v) is 16.7. The van der Waals surface area contributed by atoms with Crippen LogP contribution in [-0.2, 0) is 35.2 Å². The van der Waals surface area contributed by atoms with Crippen molar-refractivity contribution in [3.8, 4) is 17.2 Å². The molecule has 0 saturated heterocycles. The average molecular weight is 761 g/mol. The Morgan fingerprint density at radius 1 is 0.510 bits per heavy atom. The van der Waals surface area contributed by atoms with E-state index in [0.29, 0.717) is 17.2 Å². The molecule has 280 valence electrons. The maximum Gasteiger partial charge on any atom is 0.514 e. The van der Waals surface area contributed by atoms with Crippen LogP contribution in [0.1, 0.15) is 62.3 Å². The Labute approximate surface area is 297 Å². The van der Waals surface area contributed by atoms with Crippen molar-refractivity contribution in [3.05, 3.63) is 72.8 Å². The standard InChI is InChI=1S/C33H39O9S.CHF3O3S/c1-31(2,3)40-28(34)37-22-10-16-25(17-11-22)43(26-18-12-23(13-19-26)38-29(35)41-32(4,5)6)27-20-14-24(15-21-27)39-30(36)42-33(7,8)9;2-1(3,4)8(5,6)7/h10-21H,1-9H3;(H,5,6,7)/q+1;/p-1. The molecule has 0 amide bonds. The molecule has 17 heteroatoms. The van der Waals surface area contributed by atoms with Crippen LogP contribution < -0.4 is 14.2 Å². The van der Waals surface area contributed by atoms with Gasteiger partial charge in [-0.2, -0.15) is 13.2 Å². The molecule has 12 nitrogen and oxygen atoms in total. The fourth-order valence-corrected chi connectivity index (χ4v) is 5.48. The van der Waals surface area contributed by atoms with E-state index in [0.717, 1.165) is 14.7 Å². The number of rotatable bonds is 6. The van der Waals surface area contributed by atoms with Crippen molar-refractivity contribution in [1.82, 2.24) is 0 Å². The molecule has 0 spiro atoms. The van der Waals surface area contributed by atoms with Gasteiger partial charge in [0.1, 0.15) is 34.1 Å². The lowest BCUT2D eigenvalue weighted by molar-refractivity contribution is -0.0518. The monoisotopic (exact) mass is 760 g/mol. The number of hydrogen-bond donors (Lipinski definition) is 0. The van der Waals surface area contributed by atoms with Crippen LogP contribution in [0.2, 0.25) is 0 Å². The maximum atomic E-state index is 12.1. The van der Waals surface area contributed by atoms with Crippen LogP contribution in [0, 0.1) is 0 Å². The summed E-state index contributed by atoms with van der Waals surface area (Å²) < 4.78 is 90.6. The lowest BCUT2D eigenvalue weighted by Gasteiger charge is -2.19. The molecule has 0 aromatic heterocycles. The van der Waals surface area contributed by atoms with E-state index in [9.17, 15) is 27.6 Å². The fourth-order valence-electron chi connectivity index (χ4n) is 3.44. The zero-order valence-corrected chi connectivity index (χ0v) is 30.9. The molecule has 0 heterocycles. The first-order chi connectivity index (χ1) is 23.1. The molecule has 0 aliphatic carbocycles. The van der Waals surface area contributed by atoms with Gasteiger partial charge in [-0.3, -0.25) is 0 Å². The lowest BCUT2D eigenvalue weighted by Crippen LogP contribution is -2.26. The van der Waals surface area contributed by atoms with Crippen LogP contribution in [0.4, 0.5) is 27.6 Å². The summed E-state index contributed by atoms with van der Waals surface area (Å²) in [6.45, 7) is 15.8. The second kappa shape index (κ2) is 16.7. The first-order valence-electron chi connectivity index (χ1n) is 14.9. The summed E-state index contributed by atoms with van der Waals surface area (Å²) in [7, 11) is -6.73. The van der Waals surface area contributed by atoms with Gasteiger partial charge in [-0.1, -0.05) is 0 Å². The van der Waals surface area contributed by atoms with Gasteiger partial charge in [0.2, 0.25) is 0 Å². The van der Waals surface area contributed by atoms with Crippen LogP contribution >= 0.6 is 0 Å². The summed E-state index contributed by atoms with van der Waals surface area (Å²) in [5, 5.41) is 0. The molecule has 0 bridgehead atoms. The van der Waals surface area contributed by atoms with E-state index in [-0.39, 0.29) is 0 Å². The van der Waals surface area contributed by atoms with E-state index in [1.807, 2.05) is 36.4 Å². The number of alkyl halides is 3. The number of ether oxygens (including phenoxy) is 6. The van der Waals surface area contributed by atoms with Crippen molar-refractivity contribution in [1.29, 1.82) is 0 Å². The van der Waals surface area contributed by atoms with E-state index in [1.54, 1.807) is 98.7 Å². The van der Waals surface area contributed by atoms with Gasteiger partial charge in [0.15, 0.2) is 24.8 Å². The van der Waals surface area contributed by atoms with Crippen LogP contribution in [0.5, 0.6) is 17.2 Å². The summed E-state index contributed by atoms with van der Waals surface area (Å²) in [5.74, 6) is 1.01. The summed E-state index contributed by atoms with van der Waals surface area (Å²) >= 11 is 0. The summed E-state index contributed by atoms with van der Waals surface area (Å²) in [6, 6.07) is 21.3. The molecule has 3 aromatic rings. The van der Waals surface area contributed by atoms with Gasteiger partial charge in [-0.25, -0.2) is 22.8 Å². The molecule has 3 rings (SSSR count). The number of halogens is 3. The van der Waals surface area contributed by atoms with Crippen LogP contribution in [0.15, 0.2) is 87.5 Å². The highest BCUT2D eigenvalue weighted by molar-refractivity contribution is 7.97. The Kier molecular flexibility index (Phi) is 14.0. The summed E-state index contributed by atoms with van der Waals surface area (Å²) in [4.78, 5) is 39.1. The molecule has 0 fully saturated rings. The minimum Gasteiger partial charge on any atom is -0.741 e. The predicted molar refractivity (Wildman–Crippen MR) is 178 cm³/mol. The van der Waals surface area contributed by atoms with Crippen molar-refractivity contribution in [3.63, 3.8) is 0 Å². The highest BCUT2D eigenvalue weighted by atomic mass is 32.2. The van der Waals surface area contributed by atoms with E-state index < -0.39 is 61.8 Å². The second-order valence-electron chi connectivity index (χ2n) is 13.3. The quantitative estimate of drug-likeness (QED) is 0.0587. The van der Waals surface area contributed by atoms with Gasteiger partial charge in [-0.15, -0.1) is 0 Å². The van der Waals surface area contributed by atoms with Crippen molar-refractivity contribution < 1.29 is 68.9 Å². The Morgan fingerprint density at radius 3 is 0.863 bits per heavy atom. The van der Waals surface area contributed by atoms with E-state index in [1.165, 1.54) is 0 Å². The fraction of sp³-hybridized carbons (Fsp3) is 0.382. The van der Waals surface area contributed by atoms with E-state index in [2.05, 4.69) is 0 Å². The van der Waals surface area contributed by atoms with Gasteiger partial charge in [-0.05, 0) is 135 Å². The topological polar surface area (TPSA) is 164 Å². The third-order valence-electron chi connectivity index (χ3n) is 5.23. The van der Waals surface area contributed by atoms with Crippen molar-refractivity contribution in [2.75, 3.05) is 0 Å². The Bertz CT molecular complexity index is 1560. The largest absolute Gasteiger partial charge is 0.741 e. The molecule has 51 heavy (non-hydrogen) atoms. The van der Waals surface area contributed by atoms with Crippen LogP contribution in [0.3, 0.4) is 0 Å². The first-order valence-corrected chi connectivity index (χ1v) is 17.5. The highest BCUT2D eigenvalue weighted by Gasteiger charge is 2.37. The average Bonchev–Trinajstić information content (AvgIpc) is 2.92. The molecule has 0 atom stereocenters. The van der Waals surface area contributed by atoms with Gasteiger partial charge >= 0.3 is 24.0 Å². The Morgan fingerprint density at radius 2 is 0.706 bits per heavy atom. The molecular weight excluding hydrogens is 721 g/mol. The number of carbonyl (C=O) groups is 3. The Balaban J connectivity index is 0.00000100. The molecule has 0 N–H and O–H groups in total. The van der Waals surface area contributed by atoms with E-state index in [4.69, 9.17) is 41.4 Å². The Hall–Kier alpha value is -4.48. The van der Waals surface area contributed by atoms with Crippen LogP contribution in [0.25, 0.3) is 0 Å². The molecule has 0 aliphatic rings. The van der Waals surface area contributed by atoms with Gasteiger partial charge in [0.05, 0.1) is 10.9 Å².